The number of likely N-dealkylation sites (tertiary alicyclic amines) is 1. The molecule has 2 aromatic carbocycles. The normalized spacial score (nSPS) is 21.7. The van der Waals surface area contributed by atoms with Gasteiger partial charge in [-0.2, -0.15) is 0 Å². The largest absolute Gasteiger partial charge is 0.489 e. The number of hydrogen-bond donors (Lipinski definition) is 2. The molecule has 3 heterocycles. The van der Waals surface area contributed by atoms with Crippen LogP contribution in [0.3, 0.4) is 0 Å². The van der Waals surface area contributed by atoms with E-state index in [9.17, 15) is 4.79 Å². The second-order valence-electron chi connectivity index (χ2n) is 10.3. The zero-order valence-corrected chi connectivity index (χ0v) is 20.8. The summed E-state index contributed by atoms with van der Waals surface area (Å²) >= 11 is 0. The lowest BCUT2D eigenvalue weighted by molar-refractivity contribution is -0.122. The predicted molar refractivity (Wildman–Crippen MR) is 144 cm³/mol. The maximum Gasteiger partial charge on any atom is 0.234 e. The van der Waals surface area contributed by atoms with Gasteiger partial charge >= 0.3 is 0 Å². The molecule has 2 fully saturated rings. The molecule has 4 N–H and O–H groups in total. The Morgan fingerprint density at radius 3 is 2.73 bits per heavy atom. The van der Waals surface area contributed by atoms with E-state index < -0.39 is 0 Å². The number of fused-ring (bicyclic) bond motifs is 1. The minimum Gasteiger partial charge on any atom is -0.489 e. The Morgan fingerprint density at radius 2 is 1.92 bits per heavy atom. The van der Waals surface area contributed by atoms with Crippen molar-refractivity contribution >= 4 is 22.8 Å². The fourth-order valence-electron chi connectivity index (χ4n) is 5.88. The number of rotatable bonds is 8. The van der Waals surface area contributed by atoms with Crippen molar-refractivity contribution < 1.29 is 9.53 Å². The van der Waals surface area contributed by atoms with Gasteiger partial charge in [0.1, 0.15) is 30.1 Å². The maximum atomic E-state index is 11.8. The first-order valence-electron chi connectivity index (χ1n) is 13.0. The highest BCUT2D eigenvalue weighted by atomic mass is 16.5. The number of amides is 1. The Morgan fingerprint density at radius 1 is 1.08 bits per heavy atom. The molecule has 8 heteroatoms. The van der Waals surface area contributed by atoms with Crippen LogP contribution in [-0.4, -0.2) is 44.5 Å². The highest BCUT2D eigenvalue weighted by molar-refractivity contribution is 6.00. The number of benzene rings is 2. The van der Waals surface area contributed by atoms with Gasteiger partial charge in [0.25, 0.3) is 0 Å². The van der Waals surface area contributed by atoms with Crippen LogP contribution < -0.4 is 16.2 Å². The van der Waals surface area contributed by atoms with E-state index in [2.05, 4.69) is 49.9 Å². The van der Waals surface area contributed by atoms with Gasteiger partial charge in [-0.15, -0.1) is 0 Å². The van der Waals surface area contributed by atoms with Crippen LogP contribution in [0.25, 0.3) is 22.2 Å². The van der Waals surface area contributed by atoms with Crippen molar-refractivity contribution in [1.29, 1.82) is 0 Å². The summed E-state index contributed by atoms with van der Waals surface area (Å²) < 4.78 is 8.34. The lowest BCUT2D eigenvalue weighted by Crippen LogP contribution is -2.44. The summed E-state index contributed by atoms with van der Waals surface area (Å²) in [7, 11) is 0. The summed E-state index contributed by atoms with van der Waals surface area (Å²) in [6, 6.07) is 18.5. The van der Waals surface area contributed by atoms with Gasteiger partial charge in [0, 0.05) is 24.3 Å². The molecule has 2 aliphatic rings. The molecule has 6 rings (SSSR count). The molecule has 0 radical (unpaired) electrons. The van der Waals surface area contributed by atoms with Gasteiger partial charge in [-0.3, -0.25) is 9.69 Å². The van der Waals surface area contributed by atoms with Gasteiger partial charge in [0.05, 0.1) is 11.4 Å². The zero-order valence-electron chi connectivity index (χ0n) is 20.8. The smallest absolute Gasteiger partial charge is 0.234 e. The molecule has 4 aromatic rings. The number of anilines is 1. The fourth-order valence-corrected chi connectivity index (χ4v) is 5.88. The Kier molecular flexibility index (Phi) is 6.26. The molecule has 0 spiro atoms. The molecule has 1 aliphatic heterocycles. The summed E-state index contributed by atoms with van der Waals surface area (Å²) in [6.07, 6.45) is 7.69. The molecule has 0 bridgehead atoms. The van der Waals surface area contributed by atoms with Crippen molar-refractivity contribution in [1.82, 2.24) is 19.4 Å². The minimum absolute atomic E-state index is 0.109. The van der Waals surface area contributed by atoms with E-state index >= 15 is 0 Å². The molecule has 1 atom stereocenters. The second-order valence-corrected chi connectivity index (χ2v) is 10.3. The molecule has 1 saturated carbocycles. The third-order valence-electron chi connectivity index (χ3n) is 7.82. The summed E-state index contributed by atoms with van der Waals surface area (Å²) in [5.74, 6) is 1.62. The lowest BCUT2D eigenvalue weighted by atomic mass is 9.79. The van der Waals surface area contributed by atoms with Crippen molar-refractivity contribution in [3.8, 4) is 16.9 Å². The number of nitrogens with two attached hydrogens (primary N) is 2. The molecule has 1 aliphatic carbocycles. The van der Waals surface area contributed by atoms with E-state index in [0.29, 0.717) is 24.4 Å². The molecular formula is C29H32N6O2. The highest BCUT2D eigenvalue weighted by Crippen LogP contribution is 2.44. The Hall–Kier alpha value is -3.91. The first kappa shape index (κ1) is 23.5. The fraction of sp³-hybridized carbons (Fsp3) is 0.345. The van der Waals surface area contributed by atoms with Gasteiger partial charge in [-0.25, -0.2) is 9.97 Å². The van der Waals surface area contributed by atoms with Gasteiger partial charge in [0.15, 0.2) is 0 Å². The molecule has 37 heavy (non-hydrogen) atoms. The van der Waals surface area contributed by atoms with E-state index in [0.717, 1.165) is 72.2 Å². The van der Waals surface area contributed by atoms with Crippen LogP contribution in [0.1, 0.15) is 37.3 Å². The van der Waals surface area contributed by atoms with Gasteiger partial charge in [-0.05, 0) is 61.4 Å². The molecule has 0 unspecified atom stereocenters. The van der Waals surface area contributed by atoms with Crippen molar-refractivity contribution in [3.63, 3.8) is 0 Å². The molecule has 1 saturated heterocycles. The molecule has 1 amide bonds. The number of hydrogen-bond acceptors (Lipinski definition) is 6. The van der Waals surface area contributed by atoms with Crippen molar-refractivity contribution in [2.45, 2.75) is 44.4 Å². The van der Waals surface area contributed by atoms with E-state index in [1.807, 2.05) is 30.3 Å². The minimum atomic E-state index is -0.198. The third kappa shape index (κ3) is 4.64. The van der Waals surface area contributed by atoms with Crippen LogP contribution in [0, 0.1) is 5.92 Å². The van der Waals surface area contributed by atoms with E-state index in [1.54, 1.807) is 0 Å². The molecule has 8 nitrogen and oxygen atoms in total. The van der Waals surface area contributed by atoms with Crippen LogP contribution in [0.2, 0.25) is 0 Å². The van der Waals surface area contributed by atoms with Crippen LogP contribution in [0.5, 0.6) is 5.75 Å². The van der Waals surface area contributed by atoms with Crippen LogP contribution >= 0.6 is 0 Å². The van der Waals surface area contributed by atoms with Gasteiger partial charge < -0.3 is 20.8 Å². The van der Waals surface area contributed by atoms with E-state index in [1.165, 1.54) is 6.33 Å². The molecule has 190 valence electrons. The Bertz CT molecular complexity index is 1410. The SMILES string of the molecule is NC(=O)[C@H]1CCCN1CC1CC(n2cc(-c3cccc(OCc4ccccc4)c3)c3c(N)ncnc32)C1. The number of primary amides is 1. The first-order valence-corrected chi connectivity index (χ1v) is 13.0. The number of carbonyl (C=O) groups excluding carboxylic acids is 1. The Labute approximate surface area is 216 Å². The third-order valence-corrected chi connectivity index (χ3v) is 7.82. The van der Waals surface area contributed by atoms with Crippen LogP contribution in [0.15, 0.2) is 67.1 Å². The second kappa shape index (κ2) is 9.86. The summed E-state index contributed by atoms with van der Waals surface area (Å²) in [6.45, 7) is 2.39. The number of nitrogen functional groups attached to an aromatic ring is 1. The molecule has 2 aromatic heterocycles. The topological polar surface area (TPSA) is 112 Å². The molecular weight excluding hydrogens is 464 g/mol. The number of carbonyl (C=O) groups is 1. The zero-order chi connectivity index (χ0) is 25.4. The number of ether oxygens (including phenoxy) is 1. The highest BCUT2D eigenvalue weighted by Gasteiger charge is 2.37. The standard InChI is InChI=1S/C29H32N6O2/c30-27-26-24(21-8-4-9-23(14-21)37-17-19-6-2-1-3-7-19)16-35(29(26)33-18-32-27)22-12-20(13-22)15-34-11-5-10-25(34)28(31)36/h1-4,6-9,14,16,18,20,22,25H,5,10-13,15,17H2,(H2,31,36)(H2,30,32,33)/t20?,22?,25-/m1/s1. The Balaban J connectivity index is 1.22. The average molecular weight is 497 g/mol. The summed E-state index contributed by atoms with van der Waals surface area (Å²) in [4.78, 5) is 23.0. The maximum absolute atomic E-state index is 11.8. The number of aromatic nitrogens is 3. The summed E-state index contributed by atoms with van der Waals surface area (Å²) in [5, 5.41) is 0.875. The van der Waals surface area contributed by atoms with Gasteiger partial charge in [0.2, 0.25) is 5.91 Å². The van der Waals surface area contributed by atoms with E-state index in [4.69, 9.17) is 16.2 Å². The number of nitrogens with zero attached hydrogens (tertiary/aromatic N) is 4. The van der Waals surface area contributed by atoms with Crippen molar-refractivity contribution in [2.75, 3.05) is 18.8 Å². The first-order chi connectivity index (χ1) is 18.1. The van der Waals surface area contributed by atoms with Crippen LogP contribution in [0.4, 0.5) is 5.82 Å². The van der Waals surface area contributed by atoms with Crippen molar-refractivity contribution in [3.05, 3.63) is 72.7 Å². The lowest BCUT2D eigenvalue weighted by Gasteiger charge is -2.39. The van der Waals surface area contributed by atoms with Gasteiger partial charge in [-0.1, -0.05) is 42.5 Å². The average Bonchev–Trinajstić information content (AvgIpc) is 3.51. The quantitative estimate of drug-likeness (QED) is 0.379. The predicted octanol–water partition coefficient (Wildman–Crippen LogP) is 4.16. The monoisotopic (exact) mass is 496 g/mol. The van der Waals surface area contributed by atoms with E-state index in [-0.39, 0.29) is 11.9 Å². The van der Waals surface area contributed by atoms with Crippen LogP contribution in [-0.2, 0) is 11.4 Å². The summed E-state index contributed by atoms with van der Waals surface area (Å²) in [5.41, 5.74) is 16.0. The van der Waals surface area contributed by atoms with Crippen molar-refractivity contribution in [2.24, 2.45) is 11.7 Å².